The van der Waals surface area contributed by atoms with Crippen LogP contribution in [0, 0.1) is 28.6 Å². The van der Waals surface area contributed by atoms with Gasteiger partial charge in [-0.2, -0.15) is 10.5 Å². The summed E-state index contributed by atoms with van der Waals surface area (Å²) < 4.78 is 0. The van der Waals surface area contributed by atoms with Gasteiger partial charge in [0.2, 0.25) is 5.91 Å². The molecule has 22 heavy (non-hydrogen) atoms. The molecule has 0 spiro atoms. The Balaban J connectivity index is 2.50. The Bertz CT molecular complexity index is 775. The number of benzene rings is 1. The zero-order valence-electron chi connectivity index (χ0n) is 12.7. The number of nitrogens with one attached hydrogen (secondary N) is 2. The van der Waals surface area contributed by atoms with Crippen LogP contribution in [0.4, 0.5) is 5.69 Å². The van der Waals surface area contributed by atoms with Crippen molar-refractivity contribution in [3.8, 4) is 12.1 Å². The number of anilines is 1. The summed E-state index contributed by atoms with van der Waals surface area (Å²) in [6, 6.07) is 11.6. The van der Waals surface area contributed by atoms with E-state index in [-0.39, 0.29) is 11.8 Å². The maximum Gasteiger partial charge on any atom is 0.221 e. The highest BCUT2D eigenvalue weighted by Gasteiger charge is 2.26. The third kappa shape index (κ3) is 2.84. The smallest absolute Gasteiger partial charge is 0.221 e. The molecule has 0 bridgehead atoms. The van der Waals surface area contributed by atoms with E-state index in [4.69, 9.17) is 0 Å². The van der Waals surface area contributed by atoms with Gasteiger partial charge < -0.3 is 10.6 Å². The molecular weight excluding hydrogens is 276 g/mol. The zero-order chi connectivity index (χ0) is 16.3. The predicted octanol–water partition coefficient (Wildman–Crippen LogP) is 2.92. The van der Waals surface area contributed by atoms with Crippen molar-refractivity contribution in [2.45, 2.75) is 20.8 Å². The molecule has 1 aromatic rings. The number of dihydropyridines is 1. The number of hydrogen-bond donors (Lipinski definition) is 2. The summed E-state index contributed by atoms with van der Waals surface area (Å²) >= 11 is 0. The summed E-state index contributed by atoms with van der Waals surface area (Å²) in [5.41, 5.74) is 3.97. The van der Waals surface area contributed by atoms with Crippen molar-refractivity contribution in [2.24, 2.45) is 5.92 Å². The normalized spacial score (nSPS) is 17.4. The Labute approximate surface area is 129 Å². The summed E-state index contributed by atoms with van der Waals surface area (Å²) in [7, 11) is 0. The van der Waals surface area contributed by atoms with E-state index in [1.54, 1.807) is 12.1 Å². The lowest BCUT2D eigenvalue weighted by Gasteiger charge is -2.25. The van der Waals surface area contributed by atoms with Crippen LogP contribution in [0.5, 0.6) is 0 Å². The second kappa shape index (κ2) is 6.15. The van der Waals surface area contributed by atoms with E-state index in [1.165, 1.54) is 6.92 Å². The van der Waals surface area contributed by atoms with Crippen molar-refractivity contribution < 1.29 is 4.79 Å². The van der Waals surface area contributed by atoms with Crippen LogP contribution in [0.25, 0.3) is 5.70 Å². The highest BCUT2D eigenvalue weighted by Crippen LogP contribution is 2.33. The van der Waals surface area contributed by atoms with Gasteiger partial charge in [0.1, 0.15) is 0 Å². The molecular formula is C17H16N4O. The second-order valence-corrected chi connectivity index (χ2v) is 5.16. The number of allylic oxidation sites excluding steroid dienone is 3. The van der Waals surface area contributed by atoms with E-state index in [1.807, 2.05) is 26.0 Å². The van der Waals surface area contributed by atoms with Gasteiger partial charge in [-0.15, -0.1) is 0 Å². The molecule has 0 aliphatic carbocycles. The summed E-state index contributed by atoms with van der Waals surface area (Å²) in [5.74, 6) is -0.407. The molecule has 0 fully saturated rings. The number of rotatable bonds is 2. The van der Waals surface area contributed by atoms with Gasteiger partial charge in [-0.05, 0) is 19.1 Å². The average molecular weight is 292 g/mol. The topological polar surface area (TPSA) is 88.7 Å². The summed E-state index contributed by atoms with van der Waals surface area (Å²) in [4.78, 5) is 11.2. The molecule has 1 aromatic carbocycles. The lowest BCUT2D eigenvalue weighted by molar-refractivity contribution is -0.114. The van der Waals surface area contributed by atoms with Crippen LogP contribution in [0.2, 0.25) is 0 Å². The van der Waals surface area contributed by atoms with Gasteiger partial charge in [0.05, 0.1) is 29.0 Å². The number of nitriles is 2. The largest absolute Gasteiger partial charge is 0.357 e. The average Bonchev–Trinajstić information content (AvgIpc) is 2.46. The molecule has 1 atom stereocenters. The Morgan fingerprint density at radius 1 is 1.27 bits per heavy atom. The SMILES string of the molecule is CC(=O)Nc1cccc(C2=C(C#N)[C@H](C)C(C#N)=C(C)N2)c1. The van der Waals surface area contributed by atoms with Crippen molar-refractivity contribution in [2.75, 3.05) is 5.32 Å². The molecule has 1 aliphatic rings. The minimum atomic E-state index is -0.254. The molecule has 1 heterocycles. The Morgan fingerprint density at radius 2 is 1.95 bits per heavy atom. The zero-order valence-corrected chi connectivity index (χ0v) is 12.7. The Kier molecular flexibility index (Phi) is 4.29. The predicted molar refractivity (Wildman–Crippen MR) is 83.9 cm³/mol. The van der Waals surface area contributed by atoms with Crippen LogP contribution in [0.3, 0.4) is 0 Å². The van der Waals surface area contributed by atoms with Crippen LogP contribution < -0.4 is 10.6 Å². The van der Waals surface area contributed by atoms with Gasteiger partial charge >= 0.3 is 0 Å². The van der Waals surface area contributed by atoms with Gasteiger partial charge in [-0.25, -0.2) is 0 Å². The van der Waals surface area contributed by atoms with Gasteiger partial charge in [0, 0.05) is 29.8 Å². The second-order valence-electron chi connectivity index (χ2n) is 5.16. The molecule has 2 rings (SSSR count). The number of nitrogens with zero attached hydrogens (tertiary/aromatic N) is 2. The van der Waals surface area contributed by atoms with Gasteiger partial charge in [0.15, 0.2) is 0 Å². The molecule has 0 saturated carbocycles. The standard InChI is InChI=1S/C17H16N4O/c1-10-15(8-18)11(2)20-17(16(10)9-19)13-5-4-6-14(7-13)21-12(3)22/h4-7,10,20H,1-3H3,(H,21,22)/t10-/m1/s1. The molecule has 0 radical (unpaired) electrons. The van der Waals surface area contributed by atoms with Crippen LogP contribution in [-0.4, -0.2) is 5.91 Å². The third-order valence-corrected chi connectivity index (χ3v) is 3.56. The number of carbonyl (C=O) groups is 1. The molecule has 1 aliphatic heterocycles. The third-order valence-electron chi connectivity index (χ3n) is 3.56. The van der Waals surface area contributed by atoms with E-state index in [0.29, 0.717) is 22.5 Å². The number of amides is 1. The first-order valence-electron chi connectivity index (χ1n) is 6.88. The highest BCUT2D eigenvalue weighted by molar-refractivity contribution is 5.89. The first kappa shape index (κ1) is 15.3. The van der Waals surface area contributed by atoms with E-state index >= 15 is 0 Å². The van der Waals surface area contributed by atoms with Crippen molar-refractivity contribution in [3.63, 3.8) is 0 Å². The van der Waals surface area contributed by atoms with Crippen LogP contribution >= 0.6 is 0 Å². The summed E-state index contributed by atoms with van der Waals surface area (Å²) in [6.45, 7) is 5.11. The molecule has 1 amide bonds. The lowest BCUT2D eigenvalue weighted by atomic mass is 9.86. The van der Waals surface area contributed by atoms with Crippen molar-refractivity contribution >= 4 is 17.3 Å². The van der Waals surface area contributed by atoms with Crippen molar-refractivity contribution in [3.05, 3.63) is 46.7 Å². The molecule has 0 aromatic heterocycles. The Morgan fingerprint density at radius 3 is 2.55 bits per heavy atom. The van der Waals surface area contributed by atoms with Gasteiger partial charge in [0.25, 0.3) is 0 Å². The summed E-state index contributed by atoms with van der Waals surface area (Å²) in [6.07, 6.45) is 0. The monoisotopic (exact) mass is 292 g/mol. The first-order chi connectivity index (χ1) is 10.5. The minimum absolute atomic E-state index is 0.153. The maximum absolute atomic E-state index is 11.2. The molecule has 5 nitrogen and oxygen atoms in total. The Hall–Kier alpha value is -3.05. The van der Waals surface area contributed by atoms with Crippen molar-refractivity contribution in [1.29, 1.82) is 10.5 Å². The van der Waals surface area contributed by atoms with Gasteiger partial charge in [-0.1, -0.05) is 19.1 Å². The first-order valence-corrected chi connectivity index (χ1v) is 6.88. The molecule has 0 unspecified atom stereocenters. The lowest BCUT2D eigenvalue weighted by Crippen LogP contribution is -2.23. The van der Waals surface area contributed by atoms with Crippen LogP contribution in [0.1, 0.15) is 26.3 Å². The molecule has 2 N–H and O–H groups in total. The van der Waals surface area contributed by atoms with Gasteiger partial charge in [-0.3, -0.25) is 4.79 Å². The quantitative estimate of drug-likeness (QED) is 0.877. The van der Waals surface area contributed by atoms with E-state index in [2.05, 4.69) is 22.8 Å². The van der Waals surface area contributed by atoms with E-state index in [0.717, 1.165) is 11.3 Å². The van der Waals surface area contributed by atoms with Crippen molar-refractivity contribution in [1.82, 2.24) is 5.32 Å². The minimum Gasteiger partial charge on any atom is -0.357 e. The highest BCUT2D eigenvalue weighted by atomic mass is 16.1. The fourth-order valence-corrected chi connectivity index (χ4v) is 2.52. The molecule has 5 heteroatoms. The summed E-state index contributed by atoms with van der Waals surface area (Å²) in [5, 5.41) is 24.5. The maximum atomic E-state index is 11.2. The van der Waals surface area contributed by atoms with Crippen LogP contribution in [-0.2, 0) is 4.79 Å². The van der Waals surface area contributed by atoms with Crippen LogP contribution in [0.15, 0.2) is 41.1 Å². The number of carbonyl (C=O) groups excluding carboxylic acids is 1. The number of hydrogen-bond acceptors (Lipinski definition) is 4. The fourth-order valence-electron chi connectivity index (χ4n) is 2.52. The van der Waals surface area contributed by atoms with E-state index in [9.17, 15) is 15.3 Å². The fraction of sp³-hybridized carbons (Fsp3) is 0.235. The molecule has 110 valence electrons. The van der Waals surface area contributed by atoms with E-state index < -0.39 is 0 Å². The molecule has 0 saturated heterocycles.